The van der Waals surface area contributed by atoms with Gasteiger partial charge in [-0.3, -0.25) is 4.79 Å². The molecule has 2 unspecified atom stereocenters. The van der Waals surface area contributed by atoms with Crippen molar-refractivity contribution in [3.8, 4) is 5.75 Å². The fraction of sp³-hybridized carbons (Fsp3) is 0.533. The number of Topliss-reactive ketones (excluding diaryl/α,β-unsaturated/α-hetero) is 1. The molecule has 20 heavy (non-hydrogen) atoms. The number of ether oxygens (including phenoxy) is 1. The summed E-state index contributed by atoms with van der Waals surface area (Å²) in [5, 5.41) is 0. The number of alkyl halides is 2. The van der Waals surface area contributed by atoms with E-state index in [1.54, 1.807) is 24.3 Å². The minimum absolute atomic E-state index is 0.169. The van der Waals surface area contributed by atoms with E-state index in [1.165, 1.54) is 0 Å². The van der Waals surface area contributed by atoms with Gasteiger partial charge in [-0.1, -0.05) is 0 Å². The van der Waals surface area contributed by atoms with Gasteiger partial charge in [-0.2, -0.15) is 8.78 Å². The van der Waals surface area contributed by atoms with Crippen molar-refractivity contribution in [1.82, 2.24) is 0 Å². The van der Waals surface area contributed by atoms with Crippen LogP contribution in [0.2, 0.25) is 0 Å². The molecule has 3 nitrogen and oxygen atoms in total. The Morgan fingerprint density at radius 2 is 1.70 bits per heavy atom. The summed E-state index contributed by atoms with van der Waals surface area (Å²) in [6, 6.07) is 7.26. The minimum atomic E-state index is -2.80. The smallest absolute Gasteiger partial charge is 0.387 e. The number of benzene rings is 1. The molecule has 0 radical (unpaired) electrons. The first-order chi connectivity index (χ1) is 9.63. The maximum absolute atomic E-state index is 12.1. The second-order valence-corrected chi connectivity index (χ2v) is 5.47. The molecule has 2 bridgehead atoms. The Hall–Kier alpha value is -1.65. The maximum atomic E-state index is 12.1. The monoisotopic (exact) mass is 281 g/mol. The highest BCUT2D eigenvalue weighted by Crippen LogP contribution is 2.36. The molecular weight excluding hydrogens is 264 g/mol. The predicted molar refractivity (Wildman–Crippen MR) is 71.2 cm³/mol. The van der Waals surface area contributed by atoms with Gasteiger partial charge in [0.05, 0.1) is 0 Å². The number of rotatable bonds is 3. The Kier molecular flexibility index (Phi) is 3.59. The lowest BCUT2D eigenvalue weighted by Crippen LogP contribution is -2.52. The molecule has 0 amide bonds. The highest BCUT2D eigenvalue weighted by molar-refractivity contribution is 5.82. The van der Waals surface area contributed by atoms with Gasteiger partial charge in [0.25, 0.3) is 0 Å². The van der Waals surface area contributed by atoms with Crippen LogP contribution in [0.5, 0.6) is 5.75 Å². The Balaban J connectivity index is 1.79. The van der Waals surface area contributed by atoms with E-state index in [2.05, 4.69) is 9.64 Å². The van der Waals surface area contributed by atoms with E-state index < -0.39 is 6.61 Å². The number of nitrogens with zero attached hydrogens (tertiary/aromatic N) is 1. The Morgan fingerprint density at radius 3 is 2.25 bits per heavy atom. The van der Waals surface area contributed by atoms with Crippen LogP contribution in [0, 0.1) is 0 Å². The fourth-order valence-electron chi connectivity index (χ4n) is 3.40. The summed E-state index contributed by atoms with van der Waals surface area (Å²) in [4.78, 5) is 14.0. The Labute approximate surface area is 116 Å². The van der Waals surface area contributed by atoms with Crippen LogP contribution < -0.4 is 9.64 Å². The molecule has 2 saturated heterocycles. The van der Waals surface area contributed by atoms with Crippen molar-refractivity contribution >= 4 is 11.5 Å². The zero-order valence-corrected chi connectivity index (χ0v) is 11.1. The molecule has 0 saturated carbocycles. The molecule has 3 rings (SSSR count). The van der Waals surface area contributed by atoms with Gasteiger partial charge in [0.1, 0.15) is 11.5 Å². The maximum Gasteiger partial charge on any atom is 0.387 e. The summed E-state index contributed by atoms with van der Waals surface area (Å²) in [5.41, 5.74) is 0.994. The normalized spacial score (nSPS) is 25.9. The van der Waals surface area contributed by atoms with Gasteiger partial charge in [-0.15, -0.1) is 0 Å². The molecule has 2 aliphatic rings. The number of fused-ring (bicyclic) bond motifs is 2. The highest BCUT2D eigenvalue weighted by atomic mass is 19.3. The third-order valence-electron chi connectivity index (χ3n) is 4.15. The van der Waals surface area contributed by atoms with Crippen LogP contribution in [0.1, 0.15) is 32.1 Å². The molecular formula is C15H17F2NO2. The summed E-state index contributed by atoms with van der Waals surface area (Å²) in [6.45, 7) is -2.80. The van der Waals surface area contributed by atoms with E-state index in [1.807, 2.05) is 0 Å². The molecule has 5 heteroatoms. The first-order valence-electron chi connectivity index (χ1n) is 6.98. The fourth-order valence-corrected chi connectivity index (χ4v) is 3.40. The molecule has 0 aliphatic carbocycles. The number of ketones is 1. The molecule has 1 aromatic rings. The topological polar surface area (TPSA) is 29.5 Å². The van der Waals surface area contributed by atoms with Gasteiger partial charge in [-0.05, 0) is 43.5 Å². The number of piperidine rings is 2. The molecule has 0 aromatic heterocycles. The first-order valence-corrected chi connectivity index (χ1v) is 6.98. The average molecular weight is 281 g/mol. The summed E-state index contributed by atoms with van der Waals surface area (Å²) in [6.07, 6.45) is 4.41. The van der Waals surface area contributed by atoms with E-state index in [-0.39, 0.29) is 17.8 Å². The molecule has 2 aliphatic heterocycles. The zero-order valence-electron chi connectivity index (χ0n) is 11.1. The lowest BCUT2D eigenvalue weighted by Gasteiger charge is -2.47. The number of hydrogen-bond acceptors (Lipinski definition) is 3. The van der Waals surface area contributed by atoms with Crippen LogP contribution >= 0.6 is 0 Å². The molecule has 108 valence electrons. The second kappa shape index (κ2) is 5.38. The Morgan fingerprint density at radius 1 is 1.10 bits per heavy atom. The molecule has 0 N–H and O–H groups in total. The third-order valence-corrected chi connectivity index (χ3v) is 4.15. The van der Waals surface area contributed by atoms with Gasteiger partial charge in [0.15, 0.2) is 0 Å². The van der Waals surface area contributed by atoms with Gasteiger partial charge >= 0.3 is 6.61 Å². The quantitative estimate of drug-likeness (QED) is 0.850. The van der Waals surface area contributed by atoms with Gasteiger partial charge < -0.3 is 9.64 Å². The standard InChI is InChI=1S/C15H17F2NO2/c16-15(17)20-14-6-4-10(5-7-14)18-11-2-1-3-12(18)9-13(19)8-11/h4-7,11-12,15H,1-3,8-9H2. The van der Waals surface area contributed by atoms with E-state index in [0.717, 1.165) is 24.9 Å². The highest BCUT2D eigenvalue weighted by Gasteiger charge is 2.37. The van der Waals surface area contributed by atoms with Crippen molar-refractivity contribution in [3.05, 3.63) is 24.3 Å². The molecule has 2 heterocycles. The summed E-state index contributed by atoms with van der Waals surface area (Å²) in [7, 11) is 0. The van der Waals surface area contributed by atoms with E-state index in [4.69, 9.17) is 0 Å². The van der Waals surface area contributed by atoms with Crippen molar-refractivity contribution in [2.45, 2.75) is 50.8 Å². The van der Waals surface area contributed by atoms with E-state index in [0.29, 0.717) is 18.6 Å². The second-order valence-electron chi connectivity index (χ2n) is 5.47. The molecule has 2 atom stereocenters. The van der Waals surface area contributed by atoms with Crippen LogP contribution in [-0.4, -0.2) is 24.5 Å². The van der Waals surface area contributed by atoms with Crippen LogP contribution in [0.4, 0.5) is 14.5 Å². The largest absolute Gasteiger partial charge is 0.435 e. The van der Waals surface area contributed by atoms with Crippen molar-refractivity contribution in [1.29, 1.82) is 0 Å². The average Bonchev–Trinajstić information content (AvgIpc) is 2.38. The number of hydrogen-bond donors (Lipinski definition) is 0. The van der Waals surface area contributed by atoms with Gasteiger partial charge in [-0.25, -0.2) is 0 Å². The molecule has 1 aromatic carbocycles. The third kappa shape index (κ3) is 2.62. The van der Waals surface area contributed by atoms with Crippen molar-refractivity contribution < 1.29 is 18.3 Å². The summed E-state index contributed by atoms with van der Waals surface area (Å²) in [5.74, 6) is 0.510. The van der Waals surface area contributed by atoms with Crippen LogP contribution in [0.25, 0.3) is 0 Å². The Bertz CT molecular complexity index is 473. The van der Waals surface area contributed by atoms with Gasteiger partial charge in [0.2, 0.25) is 0 Å². The predicted octanol–water partition coefficient (Wildman–Crippen LogP) is 3.38. The van der Waals surface area contributed by atoms with Crippen LogP contribution in [0.15, 0.2) is 24.3 Å². The van der Waals surface area contributed by atoms with Crippen molar-refractivity contribution in [3.63, 3.8) is 0 Å². The number of carbonyl (C=O) groups is 1. The van der Waals surface area contributed by atoms with Crippen LogP contribution in [0.3, 0.4) is 0 Å². The summed E-state index contributed by atoms with van der Waals surface area (Å²) < 4.78 is 28.6. The molecule has 2 fully saturated rings. The lowest BCUT2D eigenvalue weighted by atomic mass is 9.83. The zero-order chi connectivity index (χ0) is 14.1. The first kappa shape index (κ1) is 13.3. The number of halogens is 2. The van der Waals surface area contributed by atoms with Crippen molar-refractivity contribution in [2.75, 3.05) is 4.90 Å². The number of carbonyl (C=O) groups excluding carboxylic acids is 1. The van der Waals surface area contributed by atoms with Crippen LogP contribution in [-0.2, 0) is 4.79 Å². The van der Waals surface area contributed by atoms with Gasteiger partial charge in [0, 0.05) is 30.6 Å². The van der Waals surface area contributed by atoms with E-state index in [9.17, 15) is 13.6 Å². The number of anilines is 1. The minimum Gasteiger partial charge on any atom is -0.435 e. The van der Waals surface area contributed by atoms with E-state index >= 15 is 0 Å². The summed E-state index contributed by atoms with van der Waals surface area (Å²) >= 11 is 0. The SMILES string of the molecule is O=C1CC2CCCC(C1)N2c1ccc(OC(F)F)cc1. The van der Waals surface area contributed by atoms with Crippen molar-refractivity contribution in [2.24, 2.45) is 0 Å². The lowest BCUT2D eigenvalue weighted by molar-refractivity contribution is -0.121. The molecule has 0 spiro atoms.